The molecule has 0 spiro atoms. The number of pyridine rings is 1. The van der Waals surface area contributed by atoms with E-state index in [9.17, 15) is 10.1 Å². The number of aliphatic hydroxyl groups is 1. The Kier molecular flexibility index (Phi) is 6.00. The van der Waals surface area contributed by atoms with E-state index in [0.29, 0.717) is 5.56 Å². The van der Waals surface area contributed by atoms with Gasteiger partial charge in [-0.25, -0.2) is 4.98 Å². The highest BCUT2D eigenvalue weighted by Gasteiger charge is 2.22. The minimum absolute atomic E-state index is 0.0128. The van der Waals surface area contributed by atoms with Crippen LogP contribution in [0.2, 0.25) is 0 Å². The average molecular weight is 368 g/mol. The molecule has 0 aromatic carbocycles. The minimum Gasteiger partial charge on any atom is -0.392 e. The zero-order chi connectivity index (χ0) is 18.4. The van der Waals surface area contributed by atoms with Crippen molar-refractivity contribution in [2.75, 3.05) is 18.0 Å². The van der Waals surface area contributed by atoms with E-state index >= 15 is 0 Å². The molecule has 2 aromatic heterocycles. The number of nitrogens with zero attached hydrogens (tertiary/aromatic N) is 3. The number of carbonyl (C=O) groups excluding carboxylic acids is 1. The van der Waals surface area contributed by atoms with Gasteiger partial charge < -0.3 is 15.3 Å². The summed E-state index contributed by atoms with van der Waals surface area (Å²) >= 11 is 1.50. The number of aliphatic hydroxyl groups excluding tert-OH is 1. The lowest BCUT2D eigenvalue weighted by atomic mass is 10.0. The van der Waals surface area contributed by atoms with Gasteiger partial charge >= 0.3 is 0 Å². The highest BCUT2D eigenvalue weighted by atomic mass is 32.1. The van der Waals surface area contributed by atoms with Gasteiger partial charge in [0.1, 0.15) is 11.9 Å². The Morgan fingerprint density at radius 3 is 3.00 bits per heavy atom. The third kappa shape index (κ3) is 4.48. The van der Waals surface area contributed by atoms with Crippen LogP contribution >= 0.6 is 11.3 Å². The Labute approximate surface area is 156 Å². The maximum Gasteiger partial charge on any atom is 0.244 e. The second-order valence-corrected chi connectivity index (χ2v) is 7.05. The van der Waals surface area contributed by atoms with Gasteiger partial charge in [-0.05, 0) is 48.1 Å². The van der Waals surface area contributed by atoms with Gasteiger partial charge in [-0.3, -0.25) is 4.79 Å². The zero-order valence-corrected chi connectivity index (χ0v) is 15.1. The van der Waals surface area contributed by atoms with Gasteiger partial charge in [0, 0.05) is 36.3 Å². The summed E-state index contributed by atoms with van der Waals surface area (Å²) in [5.41, 5.74) is 1.44. The Bertz CT molecular complexity index is 832. The molecule has 6 nitrogen and oxygen atoms in total. The lowest BCUT2D eigenvalue weighted by Gasteiger charge is -2.33. The number of nitrogens with one attached hydrogen (secondary N) is 1. The number of carbonyl (C=O) groups is 1. The molecule has 0 atom stereocenters. The number of nitriles is 1. The molecule has 1 saturated heterocycles. The fourth-order valence-corrected chi connectivity index (χ4v) is 3.74. The number of hydrogen-bond donors (Lipinski definition) is 2. The fraction of sp³-hybridized carbons (Fsp3) is 0.316. The molecule has 0 unspecified atom stereocenters. The van der Waals surface area contributed by atoms with Crippen molar-refractivity contribution in [1.82, 2.24) is 10.3 Å². The standard InChI is InChI=1S/C19H20N4O2S/c20-11-15-2-1-7-21-19(15)23-8-5-16(6-9-23)22-18(25)4-3-17-10-14(12-24)13-26-17/h1-4,7,10,13,16,24H,5-6,8-9,12H2,(H,22,25). The molecule has 7 heteroatoms. The number of aromatic nitrogens is 1. The van der Waals surface area contributed by atoms with Crippen molar-refractivity contribution in [2.24, 2.45) is 0 Å². The molecule has 26 heavy (non-hydrogen) atoms. The monoisotopic (exact) mass is 368 g/mol. The molecule has 134 valence electrons. The largest absolute Gasteiger partial charge is 0.392 e. The molecule has 0 aliphatic carbocycles. The second-order valence-electron chi connectivity index (χ2n) is 6.11. The van der Waals surface area contributed by atoms with Gasteiger partial charge in [0.15, 0.2) is 0 Å². The Hall–Kier alpha value is -2.69. The quantitative estimate of drug-likeness (QED) is 0.791. The van der Waals surface area contributed by atoms with E-state index in [4.69, 9.17) is 5.11 Å². The van der Waals surface area contributed by atoms with Crippen LogP contribution in [-0.2, 0) is 11.4 Å². The molecular weight excluding hydrogens is 348 g/mol. The SMILES string of the molecule is N#Cc1cccnc1N1CCC(NC(=O)C=Cc2cc(CO)cs2)CC1. The maximum atomic E-state index is 12.1. The van der Waals surface area contributed by atoms with Gasteiger partial charge in [0.2, 0.25) is 5.91 Å². The van der Waals surface area contributed by atoms with E-state index < -0.39 is 0 Å². The van der Waals surface area contributed by atoms with Crippen molar-refractivity contribution >= 4 is 29.1 Å². The van der Waals surface area contributed by atoms with Crippen LogP contribution in [0.1, 0.15) is 28.8 Å². The van der Waals surface area contributed by atoms with E-state index in [-0.39, 0.29) is 18.6 Å². The molecule has 2 N–H and O–H groups in total. The van der Waals surface area contributed by atoms with E-state index in [0.717, 1.165) is 42.2 Å². The molecule has 3 rings (SSSR count). The highest BCUT2D eigenvalue weighted by Crippen LogP contribution is 2.21. The van der Waals surface area contributed by atoms with Crippen LogP contribution in [0.25, 0.3) is 6.08 Å². The van der Waals surface area contributed by atoms with Crippen LogP contribution in [0.4, 0.5) is 5.82 Å². The first kappa shape index (κ1) is 18.1. The second kappa shape index (κ2) is 8.61. The van der Waals surface area contributed by atoms with Gasteiger partial charge in [0.05, 0.1) is 12.2 Å². The number of anilines is 1. The minimum atomic E-state index is -0.113. The molecule has 0 saturated carbocycles. The van der Waals surface area contributed by atoms with Crippen molar-refractivity contribution in [1.29, 1.82) is 5.26 Å². The lowest BCUT2D eigenvalue weighted by molar-refractivity contribution is -0.117. The first-order chi connectivity index (χ1) is 12.7. The lowest BCUT2D eigenvalue weighted by Crippen LogP contribution is -2.44. The van der Waals surface area contributed by atoms with Gasteiger partial charge in [0.25, 0.3) is 0 Å². The van der Waals surface area contributed by atoms with E-state index in [1.165, 1.54) is 17.4 Å². The molecule has 1 aliphatic heterocycles. The van der Waals surface area contributed by atoms with Gasteiger partial charge in [-0.1, -0.05) is 0 Å². The molecule has 2 aromatic rings. The Balaban J connectivity index is 1.50. The zero-order valence-electron chi connectivity index (χ0n) is 14.3. The van der Waals surface area contributed by atoms with Crippen molar-refractivity contribution in [3.8, 4) is 6.07 Å². The Morgan fingerprint density at radius 2 is 2.31 bits per heavy atom. The number of piperidine rings is 1. The van der Waals surface area contributed by atoms with Crippen molar-refractivity contribution in [3.05, 3.63) is 51.9 Å². The summed E-state index contributed by atoms with van der Waals surface area (Å²) in [5, 5.41) is 23.2. The van der Waals surface area contributed by atoms with Crippen molar-refractivity contribution in [3.63, 3.8) is 0 Å². The molecule has 0 radical (unpaired) electrons. The molecule has 1 aliphatic rings. The fourth-order valence-electron chi connectivity index (χ4n) is 2.94. The summed E-state index contributed by atoms with van der Waals surface area (Å²) in [6, 6.07) is 7.70. The van der Waals surface area contributed by atoms with Crippen molar-refractivity contribution < 1.29 is 9.90 Å². The smallest absolute Gasteiger partial charge is 0.244 e. The predicted molar refractivity (Wildman–Crippen MR) is 102 cm³/mol. The predicted octanol–water partition coefficient (Wildman–Crippen LogP) is 2.31. The summed E-state index contributed by atoms with van der Waals surface area (Å²) < 4.78 is 0. The number of amides is 1. The summed E-state index contributed by atoms with van der Waals surface area (Å²) in [7, 11) is 0. The third-order valence-electron chi connectivity index (χ3n) is 4.30. The Morgan fingerprint density at radius 1 is 1.50 bits per heavy atom. The molecular formula is C19H20N4O2S. The van der Waals surface area contributed by atoms with Crippen LogP contribution in [0, 0.1) is 11.3 Å². The summed E-state index contributed by atoms with van der Waals surface area (Å²) in [6.45, 7) is 1.52. The van der Waals surface area contributed by atoms with Gasteiger partial charge in [-0.2, -0.15) is 5.26 Å². The topological polar surface area (TPSA) is 89.3 Å². The number of rotatable bonds is 5. The van der Waals surface area contributed by atoms with Crippen molar-refractivity contribution in [2.45, 2.75) is 25.5 Å². The van der Waals surface area contributed by atoms with Crippen LogP contribution in [0.3, 0.4) is 0 Å². The first-order valence-corrected chi connectivity index (χ1v) is 9.34. The normalized spacial score (nSPS) is 15.2. The first-order valence-electron chi connectivity index (χ1n) is 8.46. The maximum absolute atomic E-state index is 12.1. The highest BCUT2D eigenvalue weighted by molar-refractivity contribution is 7.11. The summed E-state index contributed by atoms with van der Waals surface area (Å²) in [6.07, 6.45) is 6.62. The van der Waals surface area contributed by atoms with Crippen LogP contribution in [0.15, 0.2) is 35.9 Å². The van der Waals surface area contributed by atoms with Gasteiger partial charge in [-0.15, -0.1) is 11.3 Å². The molecule has 1 amide bonds. The molecule has 0 bridgehead atoms. The van der Waals surface area contributed by atoms with Crippen LogP contribution in [-0.4, -0.2) is 35.1 Å². The van der Waals surface area contributed by atoms with E-state index in [1.54, 1.807) is 24.4 Å². The average Bonchev–Trinajstić information content (AvgIpc) is 3.15. The van der Waals surface area contributed by atoms with Crippen LogP contribution in [0.5, 0.6) is 0 Å². The third-order valence-corrected chi connectivity index (χ3v) is 5.25. The van der Waals surface area contributed by atoms with Crippen LogP contribution < -0.4 is 10.2 Å². The molecule has 1 fully saturated rings. The number of thiophene rings is 1. The summed E-state index contributed by atoms with van der Waals surface area (Å²) in [5.74, 6) is 0.606. The van der Waals surface area contributed by atoms with E-state index in [2.05, 4.69) is 21.3 Å². The summed E-state index contributed by atoms with van der Waals surface area (Å²) in [4.78, 5) is 19.5. The van der Waals surface area contributed by atoms with E-state index in [1.807, 2.05) is 11.4 Å². The molecule has 3 heterocycles. The number of hydrogen-bond acceptors (Lipinski definition) is 6.